The van der Waals surface area contributed by atoms with Crippen molar-refractivity contribution in [2.45, 2.75) is 66.0 Å². The number of imide groups is 1. The topological polar surface area (TPSA) is 128 Å². The molecule has 0 fully saturated rings. The van der Waals surface area contributed by atoms with Gasteiger partial charge in [0.1, 0.15) is 6.04 Å². The Morgan fingerprint density at radius 1 is 0.933 bits per heavy atom. The number of nitrogens with one attached hydrogen (secondary N) is 2. The predicted molar refractivity (Wildman–Crippen MR) is 114 cm³/mol. The van der Waals surface area contributed by atoms with Gasteiger partial charge in [-0.25, -0.2) is 9.59 Å². The van der Waals surface area contributed by atoms with Gasteiger partial charge in [-0.15, -0.1) is 0 Å². The zero-order chi connectivity index (χ0) is 23.2. The molecule has 1 aromatic rings. The van der Waals surface area contributed by atoms with E-state index >= 15 is 0 Å². The van der Waals surface area contributed by atoms with Crippen LogP contribution < -0.4 is 16.4 Å². The van der Waals surface area contributed by atoms with Crippen molar-refractivity contribution in [3.8, 4) is 0 Å². The summed E-state index contributed by atoms with van der Waals surface area (Å²) in [5, 5.41) is 4.59. The van der Waals surface area contributed by atoms with Gasteiger partial charge in [-0.05, 0) is 34.9 Å². The first kappa shape index (κ1) is 25.1. The summed E-state index contributed by atoms with van der Waals surface area (Å²) in [6, 6.07) is 5.16. The molecule has 0 saturated carbocycles. The van der Waals surface area contributed by atoms with Crippen molar-refractivity contribution in [2.24, 2.45) is 17.6 Å². The van der Waals surface area contributed by atoms with Crippen LogP contribution in [-0.2, 0) is 19.7 Å². The third-order valence-corrected chi connectivity index (χ3v) is 4.57. The number of amides is 4. The molecule has 0 unspecified atom stereocenters. The first-order valence-corrected chi connectivity index (χ1v) is 9.96. The van der Waals surface area contributed by atoms with Gasteiger partial charge in [0.2, 0.25) is 0 Å². The van der Waals surface area contributed by atoms with Crippen molar-refractivity contribution in [1.29, 1.82) is 0 Å². The number of esters is 1. The zero-order valence-electron chi connectivity index (χ0n) is 18.7. The fourth-order valence-electron chi connectivity index (χ4n) is 2.73. The molecule has 0 aliphatic heterocycles. The van der Waals surface area contributed by atoms with Gasteiger partial charge in [-0.1, -0.05) is 60.6 Å². The summed E-state index contributed by atoms with van der Waals surface area (Å²) >= 11 is 0. The number of rotatable bonds is 7. The summed E-state index contributed by atoms with van der Waals surface area (Å²) in [7, 11) is 0. The molecule has 0 saturated heterocycles. The summed E-state index contributed by atoms with van der Waals surface area (Å²) in [6.45, 7) is 13.1. The monoisotopic (exact) mass is 419 g/mol. The molecular formula is C22H33N3O5. The van der Waals surface area contributed by atoms with Crippen LogP contribution in [0, 0.1) is 11.8 Å². The summed E-state index contributed by atoms with van der Waals surface area (Å²) in [4.78, 5) is 48.4. The van der Waals surface area contributed by atoms with Crippen LogP contribution in [0.25, 0.3) is 0 Å². The summed E-state index contributed by atoms with van der Waals surface area (Å²) in [6.07, 6.45) is -1.21. The Labute approximate surface area is 177 Å². The largest absolute Gasteiger partial charge is 0.450 e. The molecule has 8 nitrogen and oxygen atoms in total. The van der Waals surface area contributed by atoms with Crippen molar-refractivity contribution in [1.82, 2.24) is 10.6 Å². The van der Waals surface area contributed by atoms with Gasteiger partial charge in [-0.2, -0.15) is 0 Å². The van der Waals surface area contributed by atoms with Crippen molar-refractivity contribution >= 4 is 23.8 Å². The Morgan fingerprint density at radius 3 is 1.87 bits per heavy atom. The second kappa shape index (κ2) is 10.2. The van der Waals surface area contributed by atoms with Crippen LogP contribution in [0.5, 0.6) is 0 Å². The smallest absolute Gasteiger partial charge is 0.329 e. The molecule has 4 N–H and O–H groups in total. The lowest BCUT2D eigenvalue weighted by Gasteiger charge is -2.26. The number of carbonyl (C=O) groups is 4. The van der Waals surface area contributed by atoms with Crippen LogP contribution >= 0.6 is 0 Å². The van der Waals surface area contributed by atoms with Gasteiger partial charge in [0, 0.05) is 5.56 Å². The summed E-state index contributed by atoms with van der Waals surface area (Å²) < 4.78 is 5.33. The SMILES string of the molecule is CC(C)[C@H](NC(=O)c1ccc(C(C)(C)C)cc1)C(=O)O[C@H](C(=O)NC(N)=O)C(C)C. The van der Waals surface area contributed by atoms with Crippen LogP contribution in [0.15, 0.2) is 24.3 Å². The lowest BCUT2D eigenvalue weighted by molar-refractivity contribution is -0.161. The lowest BCUT2D eigenvalue weighted by atomic mass is 9.86. The lowest BCUT2D eigenvalue weighted by Crippen LogP contribution is -2.50. The van der Waals surface area contributed by atoms with E-state index < -0.39 is 41.9 Å². The fraction of sp³-hybridized carbons (Fsp3) is 0.545. The van der Waals surface area contributed by atoms with E-state index in [4.69, 9.17) is 10.5 Å². The third kappa shape index (κ3) is 7.17. The van der Waals surface area contributed by atoms with Crippen molar-refractivity contribution < 1.29 is 23.9 Å². The molecule has 1 rings (SSSR count). The molecule has 0 aromatic heterocycles. The molecule has 1 aromatic carbocycles. The number of nitrogens with two attached hydrogens (primary N) is 1. The minimum Gasteiger partial charge on any atom is -0.450 e. The number of carbonyl (C=O) groups excluding carboxylic acids is 4. The molecule has 2 atom stereocenters. The number of primary amides is 1. The van der Waals surface area contributed by atoms with Crippen LogP contribution in [0.4, 0.5) is 4.79 Å². The quantitative estimate of drug-likeness (QED) is 0.585. The fourth-order valence-corrected chi connectivity index (χ4v) is 2.73. The van der Waals surface area contributed by atoms with E-state index in [2.05, 4.69) is 26.1 Å². The van der Waals surface area contributed by atoms with Crippen molar-refractivity contribution in [3.05, 3.63) is 35.4 Å². The van der Waals surface area contributed by atoms with E-state index in [-0.39, 0.29) is 11.3 Å². The molecule has 166 valence electrons. The Bertz CT molecular complexity index is 779. The maximum atomic E-state index is 12.7. The number of benzene rings is 1. The second-order valence-corrected chi connectivity index (χ2v) is 8.98. The first-order valence-electron chi connectivity index (χ1n) is 9.96. The van der Waals surface area contributed by atoms with E-state index in [0.717, 1.165) is 5.56 Å². The standard InChI is InChI=1S/C22H33N3O5/c1-12(2)16(20(28)30-17(13(3)4)19(27)25-21(23)29)24-18(26)14-8-10-15(11-9-14)22(5,6)7/h8-13,16-17H,1-7H3,(H,24,26)(H3,23,25,27,29)/t16-,17-/m0/s1. The molecule has 0 spiro atoms. The average Bonchev–Trinajstić information content (AvgIpc) is 2.61. The summed E-state index contributed by atoms with van der Waals surface area (Å²) in [5.41, 5.74) is 6.42. The Kier molecular flexibility index (Phi) is 8.57. The number of hydrogen-bond acceptors (Lipinski definition) is 5. The highest BCUT2D eigenvalue weighted by atomic mass is 16.6. The first-order chi connectivity index (χ1) is 13.7. The predicted octanol–water partition coefficient (Wildman–Crippen LogP) is 2.50. The van der Waals surface area contributed by atoms with E-state index in [1.54, 1.807) is 39.8 Å². The minimum atomic E-state index is -1.21. The van der Waals surface area contributed by atoms with E-state index in [1.807, 2.05) is 17.4 Å². The Morgan fingerprint density at radius 2 is 1.47 bits per heavy atom. The maximum Gasteiger partial charge on any atom is 0.329 e. The zero-order valence-corrected chi connectivity index (χ0v) is 18.7. The van der Waals surface area contributed by atoms with Gasteiger partial charge in [0.15, 0.2) is 6.10 Å². The van der Waals surface area contributed by atoms with Crippen LogP contribution in [0.3, 0.4) is 0 Å². The molecule has 0 radical (unpaired) electrons. The molecule has 30 heavy (non-hydrogen) atoms. The third-order valence-electron chi connectivity index (χ3n) is 4.57. The molecule has 0 bridgehead atoms. The average molecular weight is 420 g/mol. The van der Waals surface area contributed by atoms with Gasteiger partial charge in [0.05, 0.1) is 0 Å². The number of ether oxygens (including phenoxy) is 1. The van der Waals surface area contributed by atoms with E-state index in [9.17, 15) is 19.2 Å². The van der Waals surface area contributed by atoms with Gasteiger partial charge in [0.25, 0.3) is 11.8 Å². The molecule has 8 heteroatoms. The number of urea groups is 1. The molecular weight excluding hydrogens is 386 g/mol. The highest BCUT2D eigenvalue weighted by Gasteiger charge is 2.33. The second-order valence-electron chi connectivity index (χ2n) is 8.98. The minimum absolute atomic E-state index is 0.0450. The van der Waals surface area contributed by atoms with Crippen molar-refractivity contribution in [3.63, 3.8) is 0 Å². The molecule has 0 heterocycles. The molecule has 0 aliphatic carbocycles. The van der Waals surface area contributed by atoms with Gasteiger partial charge < -0.3 is 15.8 Å². The van der Waals surface area contributed by atoms with Crippen molar-refractivity contribution in [2.75, 3.05) is 0 Å². The van der Waals surface area contributed by atoms with Gasteiger partial charge >= 0.3 is 12.0 Å². The van der Waals surface area contributed by atoms with Crippen LogP contribution in [0.1, 0.15) is 64.4 Å². The van der Waals surface area contributed by atoms with E-state index in [1.165, 1.54) is 0 Å². The Balaban J connectivity index is 2.94. The maximum absolute atomic E-state index is 12.7. The highest BCUT2D eigenvalue weighted by molar-refractivity contribution is 5.98. The Hall–Kier alpha value is -2.90. The normalized spacial score (nSPS) is 13.5. The molecule has 4 amide bonds. The van der Waals surface area contributed by atoms with Crippen LogP contribution in [-0.4, -0.2) is 36.0 Å². The molecule has 0 aliphatic rings. The van der Waals surface area contributed by atoms with Gasteiger partial charge in [-0.3, -0.25) is 14.9 Å². The summed E-state index contributed by atoms with van der Waals surface area (Å²) in [5.74, 6) is -2.68. The number of hydrogen-bond donors (Lipinski definition) is 3. The van der Waals surface area contributed by atoms with Crippen LogP contribution in [0.2, 0.25) is 0 Å². The highest BCUT2D eigenvalue weighted by Crippen LogP contribution is 2.22. The van der Waals surface area contributed by atoms with E-state index in [0.29, 0.717) is 5.56 Å².